The van der Waals surface area contributed by atoms with Crippen molar-refractivity contribution in [3.63, 3.8) is 0 Å². The van der Waals surface area contributed by atoms with Gasteiger partial charge in [-0.05, 0) is 5.92 Å². The zero-order chi connectivity index (χ0) is 6.99. The SMILES string of the molecule is CC(C)CO.[CH2-]CC.[Mg+2]. The Balaban J connectivity index is -0.0000000800. The third kappa shape index (κ3) is 53.1. The molecule has 52 valence electrons. The maximum atomic E-state index is 8.14. The molecule has 0 bridgehead atoms. The van der Waals surface area contributed by atoms with Crippen LogP contribution in [0.3, 0.4) is 0 Å². The summed E-state index contributed by atoms with van der Waals surface area (Å²) < 4.78 is 0. The number of hydrogen-bond acceptors (Lipinski definition) is 1. The minimum absolute atomic E-state index is 0. The fraction of sp³-hybridized carbons (Fsp3) is 0.857. The van der Waals surface area contributed by atoms with E-state index in [0.29, 0.717) is 12.5 Å². The summed E-state index contributed by atoms with van der Waals surface area (Å²) in [5, 5.41) is 8.14. The second kappa shape index (κ2) is 15.9. The van der Waals surface area contributed by atoms with Crippen molar-refractivity contribution in [1.29, 1.82) is 0 Å². The Hall–Kier alpha value is 0.726. The van der Waals surface area contributed by atoms with Crippen molar-refractivity contribution in [1.82, 2.24) is 0 Å². The number of hydrogen-bond donors (Lipinski definition) is 1. The van der Waals surface area contributed by atoms with E-state index < -0.39 is 0 Å². The minimum atomic E-state index is 0. The first-order valence-electron chi connectivity index (χ1n) is 3.09. The zero-order valence-electron chi connectivity index (χ0n) is 6.85. The Morgan fingerprint density at radius 2 is 1.56 bits per heavy atom. The Morgan fingerprint density at radius 1 is 1.44 bits per heavy atom. The van der Waals surface area contributed by atoms with Crippen molar-refractivity contribution in [2.75, 3.05) is 6.61 Å². The Labute approximate surface area is 75.0 Å². The molecule has 2 heteroatoms. The topological polar surface area (TPSA) is 20.2 Å². The van der Waals surface area contributed by atoms with Crippen LogP contribution in [-0.2, 0) is 0 Å². The van der Waals surface area contributed by atoms with E-state index in [0.717, 1.165) is 6.42 Å². The predicted molar refractivity (Wildman–Crippen MR) is 43.3 cm³/mol. The summed E-state index contributed by atoms with van der Waals surface area (Å²) in [5.41, 5.74) is 0. The first kappa shape index (κ1) is 16.4. The van der Waals surface area contributed by atoms with Gasteiger partial charge in [0.25, 0.3) is 0 Å². The number of aliphatic hydroxyl groups excluding tert-OH is 1. The van der Waals surface area contributed by atoms with Gasteiger partial charge >= 0.3 is 23.1 Å². The molecular weight excluding hydrogens is 124 g/mol. The summed E-state index contributed by atoms with van der Waals surface area (Å²) in [6.07, 6.45) is 1.00. The molecule has 0 amide bonds. The van der Waals surface area contributed by atoms with E-state index in [1.807, 2.05) is 20.8 Å². The molecule has 0 radical (unpaired) electrons. The fourth-order valence-electron chi connectivity index (χ4n) is 0. The van der Waals surface area contributed by atoms with Crippen LogP contribution in [0, 0.1) is 12.8 Å². The molecule has 0 saturated heterocycles. The molecule has 0 spiro atoms. The van der Waals surface area contributed by atoms with Gasteiger partial charge in [0.1, 0.15) is 0 Å². The van der Waals surface area contributed by atoms with Crippen LogP contribution in [-0.4, -0.2) is 34.8 Å². The molecule has 0 saturated carbocycles. The Morgan fingerprint density at radius 3 is 1.56 bits per heavy atom. The van der Waals surface area contributed by atoms with Crippen LogP contribution in [0.25, 0.3) is 0 Å². The molecule has 0 aliphatic rings. The fourth-order valence-corrected chi connectivity index (χ4v) is 0. The van der Waals surface area contributed by atoms with Gasteiger partial charge in [-0.15, -0.1) is 0 Å². The van der Waals surface area contributed by atoms with Gasteiger partial charge in [-0.25, -0.2) is 0 Å². The van der Waals surface area contributed by atoms with Gasteiger partial charge in [-0.1, -0.05) is 20.8 Å². The maximum Gasteiger partial charge on any atom is 2.00 e. The van der Waals surface area contributed by atoms with E-state index in [9.17, 15) is 0 Å². The molecule has 1 N–H and O–H groups in total. The van der Waals surface area contributed by atoms with Gasteiger partial charge < -0.3 is 12.0 Å². The molecule has 0 aromatic rings. The summed E-state index contributed by atoms with van der Waals surface area (Å²) in [6, 6.07) is 0. The van der Waals surface area contributed by atoms with E-state index in [2.05, 4.69) is 6.92 Å². The van der Waals surface area contributed by atoms with E-state index in [1.165, 1.54) is 0 Å². The standard InChI is InChI=1S/C4H10O.C3H7.Mg/c1-4(2)3-5;1-3-2;/h4-5H,3H2,1-2H3;1,3H2,2H3;/q;-1;+2. The molecule has 0 aliphatic carbocycles. The third-order valence-corrected chi connectivity index (χ3v) is 0.365. The summed E-state index contributed by atoms with van der Waals surface area (Å²) in [4.78, 5) is 0. The summed E-state index contributed by atoms with van der Waals surface area (Å²) >= 11 is 0. The van der Waals surface area contributed by atoms with E-state index in [4.69, 9.17) is 5.11 Å². The smallest absolute Gasteiger partial charge is 0.396 e. The van der Waals surface area contributed by atoms with Crippen LogP contribution >= 0.6 is 0 Å². The van der Waals surface area contributed by atoms with Crippen molar-refractivity contribution in [3.05, 3.63) is 6.92 Å². The van der Waals surface area contributed by atoms with Crippen molar-refractivity contribution in [3.8, 4) is 0 Å². The van der Waals surface area contributed by atoms with Gasteiger partial charge in [0.2, 0.25) is 0 Å². The number of rotatable bonds is 1. The predicted octanol–water partition coefficient (Wildman–Crippen LogP) is 1.48. The van der Waals surface area contributed by atoms with Crippen LogP contribution in [0.1, 0.15) is 27.2 Å². The van der Waals surface area contributed by atoms with E-state index >= 15 is 0 Å². The van der Waals surface area contributed by atoms with Gasteiger partial charge in [0.05, 0.1) is 0 Å². The monoisotopic (exact) mass is 141 g/mol. The molecule has 9 heavy (non-hydrogen) atoms. The average molecular weight is 142 g/mol. The molecule has 0 fully saturated rings. The summed E-state index contributed by atoms with van der Waals surface area (Å²) in [5.74, 6) is 0.440. The molecule has 0 aromatic heterocycles. The van der Waals surface area contributed by atoms with Crippen LogP contribution < -0.4 is 0 Å². The van der Waals surface area contributed by atoms with Crippen molar-refractivity contribution in [2.24, 2.45) is 5.92 Å². The summed E-state index contributed by atoms with van der Waals surface area (Å²) in [6.45, 7) is 9.75. The molecule has 0 heterocycles. The summed E-state index contributed by atoms with van der Waals surface area (Å²) in [7, 11) is 0. The maximum absolute atomic E-state index is 8.14. The first-order valence-corrected chi connectivity index (χ1v) is 3.09. The second-order valence-corrected chi connectivity index (χ2v) is 2.08. The Bertz CT molecular complexity index is 30.1. The van der Waals surface area contributed by atoms with Crippen LogP contribution in [0.2, 0.25) is 0 Å². The molecule has 0 aromatic carbocycles. The molecule has 0 rings (SSSR count). The third-order valence-electron chi connectivity index (χ3n) is 0.365. The van der Waals surface area contributed by atoms with Gasteiger partial charge in [0, 0.05) is 6.61 Å². The molecule has 0 aliphatic heterocycles. The van der Waals surface area contributed by atoms with Gasteiger partial charge in [-0.2, -0.15) is 6.42 Å². The quantitative estimate of drug-likeness (QED) is 0.433. The van der Waals surface area contributed by atoms with Crippen molar-refractivity contribution < 1.29 is 5.11 Å². The largest absolute Gasteiger partial charge is 2.00 e. The minimum Gasteiger partial charge on any atom is -0.396 e. The Kier molecular flexibility index (Phi) is 28.9. The second-order valence-electron chi connectivity index (χ2n) is 2.08. The molecule has 1 nitrogen and oxygen atoms in total. The molecule has 0 atom stereocenters. The van der Waals surface area contributed by atoms with Crippen LogP contribution in [0.4, 0.5) is 0 Å². The van der Waals surface area contributed by atoms with Crippen molar-refractivity contribution in [2.45, 2.75) is 27.2 Å². The van der Waals surface area contributed by atoms with E-state index in [1.54, 1.807) is 0 Å². The van der Waals surface area contributed by atoms with E-state index in [-0.39, 0.29) is 23.1 Å². The molecular formula is C7H17MgO+. The van der Waals surface area contributed by atoms with Crippen LogP contribution in [0.15, 0.2) is 0 Å². The average Bonchev–Trinajstić information content (AvgIpc) is 1.69. The zero-order valence-corrected chi connectivity index (χ0v) is 8.27. The molecule has 0 unspecified atom stereocenters. The van der Waals surface area contributed by atoms with Crippen LogP contribution in [0.5, 0.6) is 0 Å². The number of aliphatic hydroxyl groups is 1. The van der Waals surface area contributed by atoms with Gasteiger partial charge in [-0.3, -0.25) is 0 Å². The van der Waals surface area contributed by atoms with Gasteiger partial charge in [0.15, 0.2) is 0 Å². The first-order chi connectivity index (χ1) is 3.68. The normalized spacial score (nSPS) is 7.33. The van der Waals surface area contributed by atoms with Crippen molar-refractivity contribution >= 4 is 23.1 Å².